The van der Waals surface area contributed by atoms with Gasteiger partial charge in [0.15, 0.2) is 9.84 Å². The lowest BCUT2D eigenvalue weighted by Crippen LogP contribution is -2.43. The third-order valence-corrected chi connectivity index (χ3v) is 4.09. The Hall–Kier alpha value is -0.920. The maximum absolute atomic E-state index is 11.6. The fraction of sp³-hybridized carbons (Fsp3) is 0.700. The third kappa shape index (κ3) is 3.79. The topological polar surface area (TPSA) is 84.5 Å². The van der Waals surface area contributed by atoms with Crippen molar-refractivity contribution in [3.8, 4) is 0 Å². The van der Waals surface area contributed by atoms with E-state index in [4.69, 9.17) is 4.74 Å². The predicted octanol–water partition coefficient (Wildman–Crippen LogP) is -1.21. The van der Waals surface area contributed by atoms with Crippen molar-refractivity contribution in [3.05, 3.63) is 11.5 Å². The van der Waals surface area contributed by atoms with Crippen LogP contribution < -0.4 is 10.6 Å². The van der Waals surface area contributed by atoms with Gasteiger partial charge >= 0.3 is 0 Å². The van der Waals surface area contributed by atoms with Gasteiger partial charge < -0.3 is 15.4 Å². The number of sulfone groups is 1. The van der Waals surface area contributed by atoms with Crippen LogP contribution in [0, 0.1) is 0 Å². The Morgan fingerprint density at radius 3 is 2.94 bits per heavy atom. The molecule has 0 spiro atoms. The van der Waals surface area contributed by atoms with E-state index < -0.39 is 15.9 Å². The maximum atomic E-state index is 11.6. The number of nitrogens with one attached hydrogen (secondary N) is 2. The highest BCUT2D eigenvalue weighted by Crippen LogP contribution is 2.09. The average molecular weight is 260 g/mol. The summed E-state index contributed by atoms with van der Waals surface area (Å²) in [5, 5.41) is 6.95. The lowest BCUT2D eigenvalue weighted by Gasteiger charge is -2.23. The molecule has 1 fully saturated rings. The van der Waals surface area contributed by atoms with Gasteiger partial charge in [0, 0.05) is 18.5 Å². The van der Waals surface area contributed by atoms with Crippen molar-refractivity contribution in [1.82, 2.24) is 10.6 Å². The summed E-state index contributed by atoms with van der Waals surface area (Å²) >= 11 is 0. The van der Waals surface area contributed by atoms with Gasteiger partial charge in [-0.2, -0.15) is 0 Å². The van der Waals surface area contributed by atoms with Crippen molar-refractivity contribution >= 4 is 15.7 Å². The van der Waals surface area contributed by atoms with Crippen molar-refractivity contribution in [2.24, 2.45) is 0 Å². The van der Waals surface area contributed by atoms with Crippen LogP contribution in [-0.2, 0) is 19.4 Å². The molecule has 96 valence electrons. The molecule has 0 saturated carbocycles. The van der Waals surface area contributed by atoms with Crippen LogP contribution in [0.15, 0.2) is 11.5 Å². The van der Waals surface area contributed by atoms with Gasteiger partial charge in [-0.1, -0.05) is 0 Å². The van der Waals surface area contributed by atoms with E-state index in [0.717, 1.165) is 12.0 Å². The summed E-state index contributed by atoms with van der Waals surface area (Å²) in [6, 6.07) is -0.399. The lowest BCUT2D eigenvalue weighted by molar-refractivity contribution is -0.124. The van der Waals surface area contributed by atoms with Crippen molar-refractivity contribution in [1.29, 1.82) is 0 Å². The first-order valence-electron chi connectivity index (χ1n) is 5.58. The molecular formula is C10H16N2O4S. The SMILES string of the molecule is O=C(CC1CNCCO1)NC1C=CS(=O)(=O)C1. The molecule has 2 heterocycles. The minimum absolute atomic E-state index is 0.0392. The molecule has 0 aromatic heterocycles. The van der Waals surface area contributed by atoms with Crippen molar-refractivity contribution in [3.63, 3.8) is 0 Å². The molecule has 1 saturated heterocycles. The van der Waals surface area contributed by atoms with Gasteiger partial charge in [0.1, 0.15) is 0 Å². The van der Waals surface area contributed by atoms with E-state index in [-0.39, 0.29) is 24.2 Å². The molecule has 2 unspecified atom stereocenters. The number of carbonyl (C=O) groups is 1. The Balaban J connectivity index is 1.76. The molecule has 2 rings (SSSR count). The molecule has 2 N–H and O–H groups in total. The summed E-state index contributed by atoms with van der Waals surface area (Å²) in [5.74, 6) is -0.215. The van der Waals surface area contributed by atoms with Crippen LogP contribution in [0.25, 0.3) is 0 Å². The molecule has 0 aromatic rings. The Kier molecular flexibility index (Phi) is 3.80. The van der Waals surface area contributed by atoms with Crippen LogP contribution >= 0.6 is 0 Å². The predicted molar refractivity (Wildman–Crippen MR) is 62.1 cm³/mol. The largest absolute Gasteiger partial charge is 0.375 e. The zero-order valence-electron chi connectivity index (χ0n) is 9.39. The fourth-order valence-electron chi connectivity index (χ4n) is 1.89. The summed E-state index contributed by atoms with van der Waals surface area (Å²) in [5.41, 5.74) is 0. The maximum Gasteiger partial charge on any atom is 0.223 e. The van der Waals surface area contributed by atoms with E-state index in [1.165, 1.54) is 6.08 Å². The monoisotopic (exact) mass is 260 g/mol. The zero-order chi connectivity index (χ0) is 12.3. The normalized spacial score (nSPS) is 31.3. The molecular weight excluding hydrogens is 244 g/mol. The zero-order valence-corrected chi connectivity index (χ0v) is 10.2. The molecule has 0 bridgehead atoms. The molecule has 0 aliphatic carbocycles. The molecule has 17 heavy (non-hydrogen) atoms. The average Bonchev–Trinajstić information content (AvgIpc) is 2.59. The first-order chi connectivity index (χ1) is 8.05. The highest BCUT2D eigenvalue weighted by Gasteiger charge is 2.24. The van der Waals surface area contributed by atoms with Crippen LogP contribution in [0.4, 0.5) is 0 Å². The molecule has 2 aliphatic heterocycles. The minimum atomic E-state index is -3.11. The first-order valence-corrected chi connectivity index (χ1v) is 7.29. The second-order valence-corrected chi connectivity index (χ2v) is 6.16. The van der Waals surface area contributed by atoms with Crippen LogP contribution in [-0.4, -0.2) is 51.9 Å². The highest BCUT2D eigenvalue weighted by atomic mass is 32.2. The quantitative estimate of drug-likeness (QED) is 0.665. The van der Waals surface area contributed by atoms with E-state index in [2.05, 4.69) is 10.6 Å². The molecule has 0 aromatic carbocycles. The van der Waals surface area contributed by atoms with E-state index >= 15 is 0 Å². The van der Waals surface area contributed by atoms with Gasteiger partial charge in [0.2, 0.25) is 5.91 Å². The molecule has 2 atom stereocenters. The van der Waals surface area contributed by atoms with Gasteiger partial charge in [-0.3, -0.25) is 4.79 Å². The molecule has 7 heteroatoms. The number of ether oxygens (including phenoxy) is 1. The second kappa shape index (κ2) is 5.16. The lowest BCUT2D eigenvalue weighted by atomic mass is 10.2. The Bertz CT molecular complexity index is 412. The molecule has 2 aliphatic rings. The number of amides is 1. The van der Waals surface area contributed by atoms with E-state index in [9.17, 15) is 13.2 Å². The Labute approximate surface area is 100 Å². The Morgan fingerprint density at radius 2 is 2.35 bits per heavy atom. The number of hydrogen-bond donors (Lipinski definition) is 2. The van der Waals surface area contributed by atoms with Crippen molar-refractivity contribution < 1.29 is 17.9 Å². The minimum Gasteiger partial charge on any atom is -0.375 e. The van der Waals surface area contributed by atoms with Crippen LogP contribution in [0.3, 0.4) is 0 Å². The van der Waals surface area contributed by atoms with Gasteiger partial charge in [0.25, 0.3) is 0 Å². The Morgan fingerprint density at radius 1 is 1.53 bits per heavy atom. The van der Waals surface area contributed by atoms with Gasteiger partial charge in [-0.25, -0.2) is 8.42 Å². The smallest absolute Gasteiger partial charge is 0.223 e. The summed E-state index contributed by atoms with van der Waals surface area (Å²) < 4.78 is 27.7. The van der Waals surface area contributed by atoms with Crippen molar-refractivity contribution in [2.75, 3.05) is 25.4 Å². The number of morpholine rings is 1. The second-order valence-electron chi connectivity index (χ2n) is 4.23. The number of rotatable bonds is 3. The van der Waals surface area contributed by atoms with Gasteiger partial charge in [-0.05, 0) is 6.08 Å². The molecule has 1 amide bonds. The number of hydrogen-bond acceptors (Lipinski definition) is 5. The van der Waals surface area contributed by atoms with E-state index in [1.54, 1.807) is 0 Å². The van der Waals surface area contributed by atoms with Crippen LogP contribution in [0.2, 0.25) is 0 Å². The summed E-state index contributed by atoms with van der Waals surface area (Å²) in [6.45, 7) is 2.07. The van der Waals surface area contributed by atoms with Crippen molar-refractivity contribution in [2.45, 2.75) is 18.6 Å². The summed E-state index contributed by atoms with van der Waals surface area (Å²) in [7, 11) is -3.11. The number of carbonyl (C=O) groups excluding carboxylic acids is 1. The standard InChI is InChI=1S/C10H16N2O4S/c13-10(5-9-6-11-2-3-16-9)12-8-1-4-17(14,15)7-8/h1,4,8-9,11H,2-3,5-7H2,(H,12,13). The highest BCUT2D eigenvalue weighted by molar-refractivity contribution is 7.94. The molecule has 6 nitrogen and oxygen atoms in total. The fourth-order valence-corrected chi connectivity index (χ4v) is 3.12. The van der Waals surface area contributed by atoms with Crippen LogP contribution in [0.5, 0.6) is 0 Å². The summed E-state index contributed by atoms with van der Waals surface area (Å²) in [6.07, 6.45) is 1.65. The van der Waals surface area contributed by atoms with E-state index in [1.807, 2.05) is 0 Å². The first kappa shape index (κ1) is 12.5. The van der Waals surface area contributed by atoms with Gasteiger partial charge in [-0.15, -0.1) is 0 Å². The van der Waals surface area contributed by atoms with E-state index in [0.29, 0.717) is 13.2 Å². The third-order valence-electron chi connectivity index (χ3n) is 2.69. The van der Waals surface area contributed by atoms with Gasteiger partial charge in [0.05, 0.1) is 30.9 Å². The van der Waals surface area contributed by atoms with Crippen LogP contribution in [0.1, 0.15) is 6.42 Å². The molecule has 0 radical (unpaired) electrons. The summed E-state index contributed by atoms with van der Waals surface area (Å²) in [4.78, 5) is 11.6.